The summed E-state index contributed by atoms with van der Waals surface area (Å²) in [4.78, 5) is 36.2. The first-order valence-corrected chi connectivity index (χ1v) is 10.5. The second kappa shape index (κ2) is 10.5. The summed E-state index contributed by atoms with van der Waals surface area (Å²) in [6, 6.07) is 12.0. The smallest absolute Gasteiger partial charge is 0.271 e. The average Bonchev–Trinajstić information content (AvgIpc) is 2.88. The molecule has 14 heteroatoms. The summed E-state index contributed by atoms with van der Waals surface area (Å²) in [5.74, 6) is 0.713. The molecule has 1 aliphatic heterocycles. The average molecular weight is 479 g/mol. The van der Waals surface area contributed by atoms with E-state index in [1.807, 2.05) is 4.90 Å². The van der Waals surface area contributed by atoms with E-state index in [9.17, 15) is 20.2 Å². The molecule has 1 aromatic heterocycles. The van der Waals surface area contributed by atoms with E-state index in [0.717, 1.165) is 0 Å². The molecule has 0 amide bonds. The van der Waals surface area contributed by atoms with Gasteiger partial charge in [0.2, 0.25) is 17.8 Å². The van der Waals surface area contributed by atoms with Gasteiger partial charge in [0.05, 0.1) is 28.8 Å². The van der Waals surface area contributed by atoms with E-state index in [1.54, 1.807) is 31.2 Å². The normalized spacial score (nSPS) is 13.9. The Kier molecular flexibility index (Phi) is 7.02. The van der Waals surface area contributed by atoms with Gasteiger partial charge in [0, 0.05) is 43.0 Å². The minimum absolute atomic E-state index is 0.0148. The zero-order chi connectivity index (χ0) is 24.8. The van der Waals surface area contributed by atoms with Crippen LogP contribution in [0.25, 0.3) is 0 Å². The minimum atomic E-state index is -0.486. The lowest BCUT2D eigenvalue weighted by Crippen LogP contribution is -2.37. The van der Waals surface area contributed by atoms with Crippen molar-refractivity contribution < 1.29 is 14.6 Å². The molecule has 1 fully saturated rings. The molecule has 0 radical (unpaired) electrons. The highest BCUT2D eigenvalue weighted by molar-refractivity contribution is 5.99. The van der Waals surface area contributed by atoms with Gasteiger partial charge in [-0.05, 0) is 30.7 Å². The van der Waals surface area contributed by atoms with Crippen LogP contribution in [0.3, 0.4) is 0 Å². The van der Waals surface area contributed by atoms with Crippen LogP contribution in [0, 0.1) is 20.2 Å². The van der Waals surface area contributed by atoms with E-state index in [1.165, 1.54) is 24.3 Å². The van der Waals surface area contributed by atoms with E-state index in [2.05, 4.69) is 30.8 Å². The highest BCUT2D eigenvalue weighted by atomic mass is 16.6. The molecular weight excluding hydrogens is 458 g/mol. The fourth-order valence-corrected chi connectivity index (χ4v) is 3.22. The zero-order valence-electron chi connectivity index (χ0n) is 18.6. The number of non-ortho nitro benzene ring substituents is 2. The number of nitro groups is 2. The van der Waals surface area contributed by atoms with Gasteiger partial charge in [0.15, 0.2) is 0 Å². The van der Waals surface area contributed by atoms with Crippen LogP contribution in [0.15, 0.2) is 53.6 Å². The van der Waals surface area contributed by atoms with Crippen molar-refractivity contribution in [2.75, 3.05) is 41.9 Å². The Morgan fingerprint density at radius 1 is 0.971 bits per heavy atom. The van der Waals surface area contributed by atoms with Crippen LogP contribution in [0.5, 0.6) is 0 Å². The molecule has 1 saturated heterocycles. The van der Waals surface area contributed by atoms with E-state index >= 15 is 0 Å². The number of anilines is 4. The minimum Gasteiger partial charge on any atom is -0.378 e. The Hall–Kier alpha value is -4.72. The van der Waals surface area contributed by atoms with Crippen molar-refractivity contribution in [2.24, 2.45) is 5.10 Å². The van der Waals surface area contributed by atoms with Gasteiger partial charge < -0.3 is 15.0 Å². The van der Waals surface area contributed by atoms with E-state index < -0.39 is 9.85 Å². The molecule has 0 saturated carbocycles. The van der Waals surface area contributed by atoms with Crippen molar-refractivity contribution in [2.45, 2.75) is 6.92 Å². The van der Waals surface area contributed by atoms with Gasteiger partial charge in [0.25, 0.3) is 11.4 Å². The summed E-state index contributed by atoms with van der Waals surface area (Å²) < 4.78 is 5.39. The molecule has 0 bridgehead atoms. The number of hydrogen-bond donors (Lipinski definition) is 2. The number of nitrogens with zero attached hydrogens (tertiary/aromatic N) is 7. The maximum absolute atomic E-state index is 11.1. The van der Waals surface area contributed by atoms with Crippen LogP contribution in [-0.4, -0.2) is 56.8 Å². The molecule has 180 valence electrons. The first-order chi connectivity index (χ1) is 16.9. The molecule has 2 heterocycles. The first-order valence-electron chi connectivity index (χ1n) is 10.5. The van der Waals surface area contributed by atoms with Gasteiger partial charge in [-0.25, -0.2) is 5.43 Å². The van der Waals surface area contributed by atoms with Crippen LogP contribution in [0.2, 0.25) is 0 Å². The fourth-order valence-electron chi connectivity index (χ4n) is 3.22. The second-order valence-corrected chi connectivity index (χ2v) is 7.43. The number of rotatable bonds is 8. The predicted octanol–water partition coefficient (Wildman–Crippen LogP) is 3.10. The van der Waals surface area contributed by atoms with Crippen LogP contribution < -0.4 is 15.6 Å². The number of hydrogen-bond acceptors (Lipinski definition) is 12. The number of nitrogens with one attached hydrogen (secondary N) is 2. The Morgan fingerprint density at radius 2 is 1.66 bits per heavy atom. The molecule has 2 N–H and O–H groups in total. The van der Waals surface area contributed by atoms with Crippen LogP contribution in [0.4, 0.5) is 34.9 Å². The molecule has 2 aromatic carbocycles. The summed E-state index contributed by atoms with van der Waals surface area (Å²) >= 11 is 0. The molecule has 35 heavy (non-hydrogen) atoms. The standard InChI is InChI=1S/C21H21N9O5/c1-14(15-5-7-17(8-6-15)29(31)32)26-27-20-23-19(22-16-3-2-4-18(13-16)30(33)34)24-21(25-20)28-9-11-35-12-10-28/h2-8,13H,9-12H2,1H3,(H2,22,23,24,25,27)/b26-14+. The van der Waals surface area contributed by atoms with E-state index in [4.69, 9.17) is 4.74 Å². The van der Waals surface area contributed by atoms with Gasteiger partial charge in [-0.3, -0.25) is 20.2 Å². The lowest BCUT2D eigenvalue weighted by Gasteiger charge is -2.27. The predicted molar refractivity (Wildman–Crippen MR) is 128 cm³/mol. The van der Waals surface area contributed by atoms with Crippen molar-refractivity contribution in [3.63, 3.8) is 0 Å². The number of benzene rings is 2. The molecule has 3 aromatic rings. The molecule has 0 aliphatic carbocycles. The highest BCUT2D eigenvalue weighted by Crippen LogP contribution is 2.22. The van der Waals surface area contributed by atoms with Crippen molar-refractivity contribution in [3.05, 3.63) is 74.3 Å². The van der Waals surface area contributed by atoms with E-state index in [-0.39, 0.29) is 23.3 Å². The van der Waals surface area contributed by atoms with Crippen molar-refractivity contribution in [1.82, 2.24) is 15.0 Å². The summed E-state index contributed by atoms with van der Waals surface area (Å²) in [6.07, 6.45) is 0. The van der Waals surface area contributed by atoms with Crippen molar-refractivity contribution >= 4 is 40.6 Å². The third-order valence-electron chi connectivity index (χ3n) is 5.05. The summed E-state index contributed by atoms with van der Waals surface area (Å²) in [5.41, 5.74) is 4.39. The highest BCUT2D eigenvalue weighted by Gasteiger charge is 2.17. The van der Waals surface area contributed by atoms with Gasteiger partial charge in [-0.15, -0.1) is 0 Å². The molecular formula is C21H21N9O5. The molecule has 1 aliphatic rings. The fraction of sp³-hybridized carbons (Fsp3) is 0.238. The quantitative estimate of drug-likeness (QED) is 0.276. The summed E-state index contributed by atoms with van der Waals surface area (Å²) in [5, 5.41) is 29.2. The van der Waals surface area contributed by atoms with Crippen molar-refractivity contribution in [3.8, 4) is 0 Å². The number of aromatic nitrogens is 3. The lowest BCUT2D eigenvalue weighted by atomic mass is 10.1. The monoisotopic (exact) mass is 479 g/mol. The van der Waals surface area contributed by atoms with Gasteiger partial charge in [0.1, 0.15) is 0 Å². The molecule has 0 unspecified atom stereocenters. The van der Waals surface area contributed by atoms with Gasteiger partial charge in [-0.1, -0.05) is 6.07 Å². The number of ether oxygens (including phenoxy) is 1. The van der Waals surface area contributed by atoms with Crippen molar-refractivity contribution in [1.29, 1.82) is 0 Å². The molecule has 0 atom stereocenters. The third kappa shape index (κ3) is 6.00. The van der Waals surface area contributed by atoms with Gasteiger partial charge in [-0.2, -0.15) is 20.1 Å². The third-order valence-corrected chi connectivity index (χ3v) is 5.05. The van der Waals surface area contributed by atoms with Crippen LogP contribution >= 0.6 is 0 Å². The number of morpholine rings is 1. The largest absolute Gasteiger partial charge is 0.378 e. The molecule has 0 spiro atoms. The maximum atomic E-state index is 11.1. The SMILES string of the molecule is C/C(=N\Nc1nc(Nc2cccc([N+](=O)[O-])c2)nc(N2CCOCC2)n1)c1ccc([N+](=O)[O-])cc1. The Bertz CT molecular complexity index is 1260. The lowest BCUT2D eigenvalue weighted by molar-refractivity contribution is -0.385. The van der Waals surface area contributed by atoms with E-state index in [0.29, 0.717) is 49.2 Å². The second-order valence-electron chi connectivity index (χ2n) is 7.43. The summed E-state index contributed by atoms with van der Waals surface area (Å²) in [7, 11) is 0. The zero-order valence-corrected chi connectivity index (χ0v) is 18.6. The van der Waals surface area contributed by atoms with Crippen LogP contribution in [-0.2, 0) is 4.74 Å². The number of hydrazone groups is 1. The number of nitro benzene ring substituents is 2. The summed E-state index contributed by atoms with van der Waals surface area (Å²) in [6.45, 7) is 3.97. The van der Waals surface area contributed by atoms with Crippen LogP contribution in [0.1, 0.15) is 12.5 Å². The maximum Gasteiger partial charge on any atom is 0.271 e. The molecule has 14 nitrogen and oxygen atoms in total. The first kappa shape index (κ1) is 23.4. The Morgan fingerprint density at radius 3 is 2.34 bits per heavy atom. The Balaban J connectivity index is 1.60. The Labute approximate surface area is 199 Å². The topological polar surface area (TPSA) is 174 Å². The van der Waals surface area contributed by atoms with Gasteiger partial charge >= 0.3 is 0 Å². The molecule has 4 rings (SSSR count).